The minimum atomic E-state index is -3.18. The van der Waals surface area contributed by atoms with Crippen LogP contribution in [-0.2, 0) is 19.6 Å². The second kappa shape index (κ2) is 6.49. The van der Waals surface area contributed by atoms with Crippen molar-refractivity contribution in [3.63, 3.8) is 0 Å². The lowest BCUT2D eigenvalue weighted by Gasteiger charge is -2.31. The molecule has 1 aliphatic rings. The van der Waals surface area contributed by atoms with E-state index in [-0.39, 0.29) is 24.4 Å². The van der Waals surface area contributed by atoms with Crippen LogP contribution in [-0.4, -0.2) is 55.4 Å². The van der Waals surface area contributed by atoms with Gasteiger partial charge in [0.15, 0.2) is 0 Å². The summed E-state index contributed by atoms with van der Waals surface area (Å²) in [6, 6.07) is 0. The van der Waals surface area contributed by atoms with Gasteiger partial charge in [-0.25, -0.2) is 17.5 Å². The Labute approximate surface area is 108 Å². The molecule has 1 rings (SSSR count). The van der Waals surface area contributed by atoms with Crippen LogP contribution in [0.1, 0.15) is 26.7 Å². The fraction of sp³-hybridized carbons (Fsp3) is 0.909. The molecular formula is C11H21NO5S. The van der Waals surface area contributed by atoms with Crippen molar-refractivity contribution in [1.29, 1.82) is 0 Å². The first-order chi connectivity index (χ1) is 8.31. The van der Waals surface area contributed by atoms with Gasteiger partial charge in [0.1, 0.15) is 6.61 Å². The third kappa shape index (κ3) is 4.91. The molecule has 7 heteroatoms. The van der Waals surface area contributed by atoms with Gasteiger partial charge >= 0.3 is 5.97 Å². The number of hydrogen-bond donors (Lipinski definition) is 1. The fourth-order valence-corrected chi connectivity index (χ4v) is 3.81. The molecular weight excluding hydrogens is 258 g/mol. The van der Waals surface area contributed by atoms with Crippen molar-refractivity contribution < 1.29 is 23.1 Å². The quantitative estimate of drug-likeness (QED) is 0.767. The van der Waals surface area contributed by atoms with Crippen LogP contribution in [0.3, 0.4) is 0 Å². The molecule has 0 aromatic heterocycles. The molecule has 1 aliphatic heterocycles. The number of ether oxygens (including phenoxy) is 1. The second-order valence-corrected chi connectivity index (χ2v) is 6.99. The summed E-state index contributed by atoms with van der Waals surface area (Å²) in [5.41, 5.74) is 0. The lowest BCUT2D eigenvalue weighted by molar-refractivity contribution is -0.145. The van der Waals surface area contributed by atoms with E-state index in [2.05, 4.69) is 0 Å². The van der Waals surface area contributed by atoms with Crippen molar-refractivity contribution in [2.75, 3.05) is 25.4 Å². The molecule has 0 aromatic carbocycles. The Morgan fingerprint density at radius 1 is 1.39 bits per heavy atom. The van der Waals surface area contributed by atoms with E-state index in [4.69, 9.17) is 9.84 Å². The van der Waals surface area contributed by atoms with E-state index in [1.54, 1.807) is 0 Å². The molecule has 0 atom stereocenters. The number of rotatable bonds is 6. The number of carboxylic acid groups (broad SMARTS) is 1. The Balaban J connectivity index is 2.41. The molecule has 0 aliphatic carbocycles. The lowest BCUT2D eigenvalue weighted by atomic mass is 10.1. The van der Waals surface area contributed by atoms with E-state index in [1.807, 2.05) is 13.8 Å². The number of hydrogen-bond acceptors (Lipinski definition) is 4. The standard InChI is InChI=1S/C11H21NO5S/c1-9(2)8-18(15,16)12-5-3-10(4-6-12)17-7-11(13)14/h9-10H,3-8H2,1-2H3,(H,13,14). The summed E-state index contributed by atoms with van der Waals surface area (Å²) >= 11 is 0. The van der Waals surface area contributed by atoms with E-state index in [0.29, 0.717) is 25.9 Å². The van der Waals surface area contributed by atoms with Crippen LogP contribution in [0.4, 0.5) is 0 Å². The van der Waals surface area contributed by atoms with Crippen LogP contribution in [0.2, 0.25) is 0 Å². The van der Waals surface area contributed by atoms with Gasteiger partial charge in [-0.3, -0.25) is 0 Å². The number of nitrogens with zero attached hydrogens (tertiary/aromatic N) is 1. The molecule has 0 spiro atoms. The number of sulfonamides is 1. The average molecular weight is 279 g/mol. The van der Waals surface area contributed by atoms with Gasteiger partial charge in [0, 0.05) is 13.1 Å². The fourth-order valence-electron chi connectivity index (χ4n) is 1.99. The molecule has 1 fully saturated rings. The first-order valence-electron chi connectivity index (χ1n) is 6.12. The lowest BCUT2D eigenvalue weighted by Crippen LogP contribution is -2.42. The van der Waals surface area contributed by atoms with E-state index in [1.165, 1.54) is 4.31 Å². The Bertz CT molecular complexity index is 371. The van der Waals surface area contributed by atoms with Crippen molar-refractivity contribution in [1.82, 2.24) is 4.31 Å². The maximum atomic E-state index is 12.0. The topological polar surface area (TPSA) is 83.9 Å². The van der Waals surface area contributed by atoms with Crippen LogP contribution in [0.15, 0.2) is 0 Å². The highest BCUT2D eigenvalue weighted by Gasteiger charge is 2.28. The second-order valence-electron chi connectivity index (χ2n) is 4.98. The number of piperidine rings is 1. The van der Waals surface area contributed by atoms with Gasteiger partial charge in [-0.2, -0.15) is 0 Å². The van der Waals surface area contributed by atoms with Crippen molar-refractivity contribution in [2.24, 2.45) is 5.92 Å². The molecule has 1 N–H and O–H groups in total. The summed E-state index contributed by atoms with van der Waals surface area (Å²) in [6.45, 7) is 4.27. The van der Waals surface area contributed by atoms with Crippen LogP contribution in [0.25, 0.3) is 0 Å². The zero-order valence-electron chi connectivity index (χ0n) is 10.8. The molecule has 1 heterocycles. The van der Waals surface area contributed by atoms with Crippen LogP contribution < -0.4 is 0 Å². The molecule has 6 nitrogen and oxygen atoms in total. The Morgan fingerprint density at radius 3 is 2.39 bits per heavy atom. The number of carbonyl (C=O) groups is 1. The largest absolute Gasteiger partial charge is 0.480 e. The normalized spacial score (nSPS) is 19.3. The molecule has 18 heavy (non-hydrogen) atoms. The van der Waals surface area contributed by atoms with Gasteiger partial charge in [-0.1, -0.05) is 13.8 Å². The molecule has 0 amide bonds. The van der Waals surface area contributed by atoms with Crippen LogP contribution in [0, 0.1) is 5.92 Å². The van der Waals surface area contributed by atoms with Gasteiger partial charge in [0.05, 0.1) is 11.9 Å². The summed E-state index contributed by atoms with van der Waals surface area (Å²) in [5, 5.41) is 8.49. The number of carboxylic acids is 1. The molecule has 0 radical (unpaired) electrons. The van der Waals surface area contributed by atoms with E-state index >= 15 is 0 Å². The SMILES string of the molecule is CC(C)CS(=O)(=O)N1CCC(OCC(=O)O)CC1. The highest BCUT2D eigenvalue weighted by atomic mass is 32.2. The van der Waals surface area contributed by atoms with Crippen LogP contribution in [0.5, 0.6) is 0 Å². The Hall–Kier alpha value is -0.660. The van der Waals surface area contributed by atoms with E-state index in [0.717, 1.165) is 0 Å². The van der Waals surface area contributed by atoms with Gasteiger partial charge in [0.25, 0.3) is 0 Å². The van der Waals surface area contributed by atoms with Crippen LogP contribution >= 0.6 is 0 Å². The smallest absolute Gasteiger partial charge is 0.329 e. The Morgan fingerprint density at radius 2 is 1.94 bits per heavy atom. The zero-order chi connectivity index (χ0) is 13.8. The van der Waals surface area contributed by atoms with Gasteiger partial charge in [-0.05, 0) is 18.8 Å². The summed E-state index contributed by atoms with van der Waals surface area (Å²) in [7, 11) is -3.18. The summed E-state index contributed by atoms with van der Waals surface area (Å²) in [4.78, 5) is 10.4. The van der Waals surface area contributed by atoms with Crippen molar-refractivity contribution in [3.8, 4) is 0 Å². The van der Waals surface area contributed by atoms with Gasteiger partial charge < -0.3 is 9.84 Å². The molecule has 0 aromatic rings. The molecule has 0 bridgehead atoms. The summed E-state index contributed by atoms with van der Waals surface area (Å²) < 4.78 is 30.6. The first kappa shape index (κ1) is 15.4. The van der Waals surface area contributed by atoms with Crippen molar-refractivity contribution in [3.05, 3.63) is 0 Å². The third-order valence-electron chi connectivity index (χ3n) is 2.78. The van der Waals surface area contributed by atoms with Gasteiger partial charge in [0.2, 0.25) is 10.0 Å². The van der Waals surface area contributed by atoms with Gasteiger partial charge in [-0.15, -0.1) is 0 Å². The van der Waals surface area contributed by atoms with Crippen molar-refractivity contribution >= 4 is 16.0 Å². The molecule has 1 saturated heterocycles. The van der Waals surface area contributed by atoms with Crippen molar-refractivity contribution in [2.45, 2.75) is 32.8 Å². The minimum absolute atomic E-state index is 0.107. The molecule has 0 saturated carbocycles. The maximum absolute atomic E-state index is 12.0. The first-order valence-corrected chi connectivity index (χ1v) is 7.73. The third-order valence-corrected chi connectivity index (χ3v) is 5.02. The predicted molar refractivity (Wildman–Crippen MR) is 66.8 cm³/mol. The minimum Gasteiger partial charge on any atom is -0.480 e. The summed E-state index contributed by atoms with van der Waals surface area (Å²) in [6.07, 6.45) is 0.974. The molecule has 0 unspecified atom stereocenters. The highest BCUT2D eigenvalue weighted by molar-refractivity contribution is 7.89. The zero-order valence-corrected chi connectivity index (χ0v) is 11.6. The Kier molecular flexibility index (Phi) is 5.55. The van der Waals surface area contributed by atoms with E-state index < -0.39 is 16.0 Å². The predicted octanol–water partition coefficient (Wildman–Crippen LogP) is 0.538. The average Bonchev–Trinajstić information content (AvgIpc) is 2.25. The maximum Gasteiger partial charge on any atom is 0.329 e. The summed E-state index contributed by atoms with van der Waals surface area (Å²) in [5.74, 6) is -0.728. The number of aliphatic carboxylic acids is 1. The highest BCUT2D eigenvalue weighted by Crippen LogP contribution is 2.18. The molecule has 106 valence electrons. The monoisotopic (exact) mass is 279 g/mol. The van der Waals surface area contributed by atoms with E-state index in [9.17, 15) is 13.2 Å².